The van der Waals surface area contributed by atoms with E-state index in [2.05, 4.69) is 10.4 Å². The van der Waals surface area contributed by atoms with Crippen molar-refractivity contribution >= 4 is 35.6 Å². The number of carbonyl (C=O) groups is 3. The molecule has 0 saturated heterocycles. The zero-order valence-electron chi connectivity index (χ0n) is 15.7. The van der Waals surface area contributed by atoms with Crippen LogP contribution in [0.25, 0.3) is 0 Å². The highest BCUT2D eigenvalue weighted by molar-refractivity contribution is 6.34. The number of benzene rings is 2. The first-order valence-electron chi connectivity index (χ1n) is 8.63. The summed E-state index contributed by atoms with van der Waals surface area (Å²) >= 11 is 6.13. The summed E-state index contributed by atoms with van der Waals surface area (Å²) in [6.07, 6.45) is 0.925. The molecule has 30 heavy (non-hydrogen) atoms. The van der Waals surface area contributed by atoms with Gasteiger partial charge in [-0.15, -0.1) is 0 Å². The van der Waals surface area contributed by atoms with Crippen LogP contribution >= 0.6 is 11.6 Å². The summed E-state index contributed by atoms with van der Waals surface area (Å²) in [7, 11) is 0. The number of carboxylic acid groups (broad SMARTS) is 1. The maximum absolute atomic E-state index is 12.6. The highest BCUT2D eigenvalue weighted by atomic mass is 35.5. The Bertz CT molecular complexity index is 982. The Morgan fingerprint density at radius 2 is 1.97 bits per heavy atom. The first kappa shape index (κ1) is 22.7. The molecule has 0 aliphatic carbocycles. The van der Waals surface area contributed by atoms with Gasteiger partial charge in [0.25, 0.3) is 11.8 Å². The highest BCUT2D eigenvalue weighted by Crippen LogP contribution is 2.20. The quantitative estimate of drug-likeness (QED) is 0.179. The molecule has 0 bridgehead atoms. The predicted octanol–water partition coefficient (Wildman–Crippen LogP) is 1.08. The van der Waals surface area contributed by atoms with Crippen LogP contribution in [0, 0.1) is 0 Å². The molecular formula is C19H20ClN5O5. The van der Waals surface area contributed by atoms with E-state index in [1.54, 1.807) is 12.1 Å². The van der Waals surface area contributed by atoms with Gasteiger partial charge in [-0.2, -0.15) is 5.10 Å². The van der Waals surface area contributed by atoms with Gasteiger partial charge in [-0.3, -0.25) is 14.6 Å². The number of nitrogens with zero attached hydrogens (tertiary/aromatic N) is 2. The number of hydrogen-bond donors (Lipinski definition) is 5. The molecule has 2 rings (SSSR count). The van der Waals surface area contributed by atoms with Gasteiger partial charge in [-0.25, -0.2) is 10.6 Å². The second-order valence-corrected chi connectivity index (χ2v) is 6.59. The molecule has 158 valence electrons. The fourth-order valence-electron chi connectivity index (χ4n) is 2.56. The third-order valence-corrected chi connectivity index (χ3v) is 4.43. The maximum Gasteiger partial charge on any atom is 0.328 e. The molecule has 11 heteroatoms. The second-order valence-electron chi connectivity index (χ2n) is 6.18. The first-order valence-corrected chi connectivity index (χ1v) is 9.00. The number of rotatable bonds is 8. The molecule has 0 aliphatic rings. The van der Waals surface area contributed by atoms with Gasteiger partial charge in [0.15, 0.2) is 6.04 Å². The van der Waals surface area contributed by atoms with Gasteiger partial charge in [-0.05, 0) is 35.9 Å². The molecule has 0 radical (unpaired) electrons. The monoisotopic (exact) mass is 433 g/mol. The lowest BCUT2D eigenvalue weighted by atomic mass is 10.1. The number of hydrogen-bond acceptors (Lipinski definition) is 7. The summed E-state index contributed by atoms with van der Waals surface area (Å²) in [5.74, 6) is 8.07. The molecule has 0 spiro atoms. The van der Waals surface area contributed by atoms with Crippen LogP contribution in [0.5, 0.6) is 5.75 Å². The van der Waals surface area contributed by atoms with Gasteiger partial charge in [0, 0.05) is 24.7 Å². The van der Waals surface area contributed by atoms with E-state index in [4.69, 9.17) is 23.3 Å². The summed E-state index contributed by atoms with van der Waals surface area (Å²) in [6.45, 7) is 0.172. The predicted molar refractivity (Wildman–Crippen MR) is 110 cm³/mol. The number of phenols is 1. The summed E-state index contributed by atoms with van der Waals surface area (Å²) in [4.78, 5) is 36.2. The lowest BCUT2D eigenvalue weighted by Crippen LogP contribution is -2.50. The topological polar surface area (TPSA) is 171 Å². The van der Waals surface area contributed by atoms with E-state index in [0.717, 1.165) is 6.21 Å². The number of aliphatic carboxylic acids is 1. The largest absolute Gasteiger partial charge is 0.508 e. The number of nitrogens with two attached hydrogens (primary N) is 2. The van der Waals surface area contributed by atoms with Crippen molar-refractivity contribution in [2.24, 2.45) is 16.8 Å². The first-order chi connectivity index (χ1) is 14.2. The molecule has 7 N–H and O–H groups in total. The number of aromatic hydroxyl groups is 1. The van der Waals surface area contributed by atoms with E-state index in [0.29, 0.717) is 10.6 Å². The molecule has 0 unspecified atom stereocenters. The molecule has 2 aromatic carbocycles. The number of hydrazine groups is 1. The van der Waals surface area contributed by atoms with Crippen molar-refractivity contribution < 1.29 is 24.6 Å². The molecule has 2 amide bonds. The number of halogens is 1. The number of hydrazone groups is 1. The molecule has 0 aromatic heterocycles. The molecule has 0 fully saturated rings. The fraction of sp³-hybridized carbons (Fsp3) is 0.158. The summed E-state index contributed by atoms with van der Waals surface area (Å²) in [5, 5.41) is 25.0. The van der Waals surface area contributed by atoms with Crippen molar-refractivity contribution in [1.82, 2.24) is 10.3 Å². The van der Waals surface area contributed by atoms with E-state index in [1.165, 1.54) is 30.3 Å². The molecular weight excluding hydrogens is 414 g/mol. The molecule has 0 aliphatic heterocycles. The maximum atomic E-state index is 12.6. The number of carbonyl (C=O) groups excluding carboxylic acids is 2. The average Bonchev–Trinajstić information content (AvgIpc) is 2.71. The van der Waals surface area contributed by atoms with Crippen LogP contribution in [0.15, 0.2) is 47.6 Å². The van der Waals surface area contributed by atoms with E-state index in [1.807, 2.05) is 0 Å². The van der Waals surface area contributed by atoms with E-state index >= 15 is 0 Å². The Balaban J connectivity index is 2.12. The van der Waals surface area contributed by atoms with Gasteiger partial charge >= 0.3 is 5.97 Å². The minimum Gasteiger partial charge on any atom is -0.508 e. The van der Waals surface area contributed by atoms with Crippen LogP contribution in [0.4, 0.5) is 0 Å². The summed E-state index contributed by atoms with van der Waals surface area (Å²) in [5.41, 5.74) is 0.811. The zero-order chi connectivity index (χ0) is 22.3. The third-order valence-electron chi connectivity index (χ3n) is 4.11. The molecule has 1 atom stereocenters. The Morgan fingerprint density at radius 1 is 1.23 bits per heavy atom. The third kappa shape index (κ3) is 5.69. The van der Waals surface area contributed by atoms with Gasteiger partial charge < -0.3 is 21.4 Å². The van der Waals surface area contributed by atoms with E-state index in [-0.39, 0.29) is 34.9 Å². The number of amides is 2. The normalized spacial score (nSPS) is 11.8. The van der Waals surface area contributed by atoms with Gasteiger partial charge in [0.2, 0.25) is 0 Å². The van der Waals surface area contributed by atoms with Crippen LogP contribution in [0.2, 0.25) is 5.02 Å². The van der Waals surface area contributed by atoms with Crippen molar-refractivity contribution in [2.75, 3.05) is 0 Å². The molecule has 0 heterocycles. The molecule has 0 saturated carbocycles. The van der Waals surface area contributed by atoms with Crippen molar-refractivity contribution in [3.05, 3.63) is 64.2 Å². The van der Waals surface area contributed by atoms with Crippen molar-refractivity contribution in [1.29, 1.82) is 0 Å². The van der Waals surface area contributed by atoms with Gasteiger partial charge in [0.05, 0.1) is 10.6 Å². The Labute approximate surface area is 176 Å². The highest BCUT2D eigenvalue weighted by Gasteiger charge is 2.28. The zero-order valence-corrected chi connectivity index (χ0v) is 16.4. The Kier molecular flexibility index (Phi) is 7.73. The minimum absolute atomic E-state index is 0.0698. The molecule has 10 nitrogen and oxygen atoms in total. The van der Waals surface area contributed by atoms with E-state index < -0.39 is 23.8 Å². The van der Waals surface area contributed by atoms with Crippen LogP contribution in [0.3, 0.4) is 0 Å². The van der Waals surface area contributed by atoms with Crippen LogP contribution in [-0.2, 0) is 11.3 Å². The average molecular weight is 434 g/mol. The number of carboxylic acids is 1. The summed E-state index contributed by atoms with van der Waals surface area (Å²) < 4.78 is 0. The SMILES string of the molecule is NN=CC[C@@H](C(=O)O)N(N)C(=O)c1ccc(C(=O)NCc2cccc(O)c2)cc1Cl. The Hall–Kier alpha value is -3.63. The van der Waals surface area contributed by atoms with Crippen molar-refractivity contribution in [3.8, 4) is 5.75 Å². The van der Waals surface area contributed by atoms with Gasteiger partial charge in [0.1, 0.15) is 5.75 Å². The smallest absolute Gasteiger partial charge is 0.328 e. The van der Waals surface area contributed by atoms with Crippen molar-refractivity contribution in [3.63, 3.8) is 0 Å². The van der Waals surface area contributed by atoms with Crippen LogP contribution in [0.1, 0.15) is 32.7 Å². The van der Waals surface area contributed by atoms with Crippen molar-refractivity contribution in [2.45, 2.75) is 19.0 Å². The lowest BCUT2D eigenvalue weighted by molar-refractivity contribution is -0.142. The minimum atomic E-state index is -1.40. The number of phenolic OH excluding ortho intramolecular Hbond substituents is 1. The Morgan fingerprint density at radius 3 is 2.57 bits per heavy atom. The fourth-order valence-corrected chi connectivity index (χ4v) is 2.82. The standard InChI is InChI=1S/C19H20ClN5O5/c20-15-9-12(17(27)23-10-11-2-1-3-13(26)8-11)4-5-14(15)18(28)25(22)16(19(29)30)6-7-24-21/h1-5,7-9,16,26H,6,10,21-22H2,(H,23,27)(H,29,30)/t16-/m0/s1. The lowest BCUT2D eigenvalue weighted by Gasteiger charge is -2.23. The summed E-state index contributed by atoms with van der Waals surface area (Å²) in [6, 6.07) is 8.93. The number of nitrogens with one attached hydrogen (secondary N) is 1. The van der Waals surface area contributed by atoms with Crippen LogP contribution in [-0.4, -0.2) is 45.3 Å². The van der Waals surface area contributed by atoms with Crippen LogP contribution < -0.4 is 17.0 Å². The van der Waals surface area contributed by atoms with Gasteiger partial charge in [-0.1, -0.05) is 23.7 Å². The van der Waals surface area contributed by atoms with E-state index in [9.17, 15) is 24.6 Å². The second kappa shape index (κ2) is 10.2. The molecule has 2 aromatic rings.